The Labute approximate surface area is 99.7 Å². The van der Waals surface area contributed by atoms with Gasteiger partial charge in [0.05, 0.1) is 0 Å². The summed E-state index contributed by atoms with van der Waals surface area (Å²) < 4.78 is 0. The fourth-order valence-electron chi connectivity index (χ4n) is 1.25. The molecule has 0 heterocycles. The third-order valence-electron chi connectivity index (χ3n) is 2.07. The number of carbonyl (C=O) groups excluding carboxylic acids is 2. The van der Waals surface area contributed by atoms with E-state index in [9.17, 15) is 14.4 Å². The Hall–Kier alpha value is -1.79. The first kappa shape index (κ1) is 15.2. The summed E-state index contributed by atoms with van der Waals surface area (Å²) in [6.07, 6.45) is 0.390. The normalized spacial score (nSPS) is 13.9. The summed E-state index contributed by atoms with van der Waals surface area (Å²) in [6, 6.07) is -2.63. The highest BCUT2D eigenvalue weighted by atomic mass is 16.4. The molecule has 0 aliphatic carbocycles. The van der Waals surface area contributed by atoms with E-state index in [-0.39, 0.29) is 5.92 Å². The van der Waals surface area contributed by atoms with Crippen molar-refractivity contribution in [1.29, 1.82) is 0 Å². The first-order chi connectivity index (χ1) is 7.73. The van der Waals surface area contributed by atoms with Gasteiger partial charge in [-0.15, -0.1) is 0 Å². The van der Waals surface area contributed by atoms with E-state index in [1.165, 1.54) is 6.92 Å². The number of aliphatic carboxylic acids is 1. The molecule has 7 nitrogen and oxygen atoms in total. The lowest BCUT2D eigenvalue weighted by atomic mass is 10.0. The van der Waals surface area contributed by atoms with Crippen molar-refractivity contribution < 1.29 is 19.5 Å². The molecule has 0 fully saturated rings. The van der Waals surface area contributed by atoms with E-state index in [1.54, 1.807) is 0 Å². The van der Waals surface area contributed by atoms with Gasteiger partial charge in [0.25, 0.3) is 0 Å². The number of rotatable bonds is 6. The molecule has 0 saturated carbocycles. The molecule has 98 valence electrons. The van der Waals surface area contributed by atoms with Crippen molar-refractivity contribution in [3.8, 4) is 0 Å². The molecule has 0 radical (unpaired) electrons. The lowest BCUT2D eigenvalue weighted by molar-refractivity contribution is -0.141. The van der Waals surface area contributed by atoms with Gasteiger partial charge in [0, 0.05) is 0 Å². The van der Waals surface area contributed by atoms with Gasteiger partial charge in [-0.2, -0.15) is 0 Å². The van der Waals surface area contributed by atoms with Crippen LogP contribution >= 0.6 is 0 Å². The van der Waals surface area contributed by atoms with Gasteiger partial charge in [0.15, 0.2) is 0 Å². The first-order valence-electron chi connectivity index (χ1n) is 5.33. The van der Waals surface area contributed by atoms with E-state index in [0.29, 0.717) is 6.42 Å². The molecular weight excluding hydrogens is 226 g/mol. The minimum absolute atomic E-state index is 0.165. The van der Waals surface area contributed by atoms with E-state index in [1.807, 2.05) is 13.8 Å². The van der Waals surface area contributed by atoms with Gasteiger partial charge in [-0.3, -0.25) is 9.59 Å². The second-order valence-corrected chi connectivity index (χ2v) is 4.26. The van der Waals surface area contributed by atoms with Crippen molar-refractivity contribution in [2.75, 3.05) is 0 Å². The number of urea groups is 1. The van der Waals surface area contributed by atoms with Crippen LogP contribution in [0.4, 0.5) is 4.79 Å². The Balaban J connectivity index is 4.51. The number of hydrogen-bond donors (Lipinski definition) is 4. The van der Waals surface area contributed by atoms with E-state index < -0.39 is 30.0 Å². The minimum Gasteiger partial charge on any atom is -0.480 e. The Kier molecular flexibility index (Phi) is 6.01. The number of carboxylic acids is 1. The maximum absolute atomic E-state index is 11.7. The molecule has 0 rings (SSSR count). The summed E-state index contributed by atoms with van der Waals surface area (Å²) in [5.74, 6) is -1.52. The molecule has 0 saturated heterocycles. The van der Waals surface area contributed by atoms with Gasteiger partial charge in [0.2, 0.25) is 5.91 Å². The summed E-state index contributed by atoms with van der Waals surface area (Å²) >= 11 is 0. The molecule has 0 aliphatic heterocycles. The molecule has 17 heavy (non-hydrogen) atoms. The third kappa shape index (κ3) is 6.39. The summed E-state index contributed by atoms with van der Waals surface area (Å²) in [4.78, 5) is 33.0. The van der Waals surface area contributed by atoms with Crippen LogP contribution in [0.3, 0.4) is 0 Å². The number of nitrogens with one attached hydrogen (secondary N) is 2. The van der Waals surface area contributed by atoms with Crippen LogP contribution in [0, 0.1) is 5.92 Å². The van der Waals surface area contributed by atoms with Gasteiger partial charge in [-0.05, 0) is 19.3 Å². The Morgan fingerprint density at radius 3 is 2.06 bits per heavy atom. The number of carboxylic acid groups (broad SMARTS) is 1. The maximum Gasteiger partial charge on any atom is 0.325 e. The first-order valence-corrected chi connectivity index (χ1v) is 5.33. The molecule has 0 aromatic carbocycles. The number of hydrogen-bond acceptors (Lipinski definition) is 3. The summed E-state index contributed by atoms with van der Waals surface area (Å²) in [5, 5.41) is 13.2. The fourth-order valence-corrected chi connectivity index (χ4v) is 1.25. The number of carbonyl (C=O) groups is 3. The van der Waals surface area contributed by atoms with Crippen LogP contribution in [0.5, 0.6) is 0 Å². The zero-order valence-corrected chi connectivity index (χ0v) is 10.2. The predicted molar refractivity (Wildman–Crippen MR) is 61.2 cm³/mol. The van der Waals surface area contributed by atoms with Crippen LogP contribution in [0.1, 0.15) is 27.2 Å². The number of amides is 3. The van der Waals surface area contributed by atoms with Crippen molar-refractivity contribution >= 4 is 17.9 Å². The molecule has 2 atom stereocenters. The zero-order chi connectivity index (χ0) is 13.6. The molecule has 0 aromatic heterocycles. The quantitative estimate of drug-likeness (QED) is 0.511. The summed E-state index contributed by atoms with van der Waals surface area (Å²) in [7, 11) is 0. The van der Waals surface area contributed by atoms with Crippen molar-refractivity contribution in [3.63, 3.8) is 0 Å². The van der Waals surface area contributed by atoms with Crippen molar-refractivity contribution in [1.82, 2.24) is 10.6 Å². The van der Waals surface area contributed by atoms with Crippen LogP contribution in [-0.2, 0) is 9.59 Å². The monoisotopic (exact) mass is 245 g/mol. The highest BCUT2D eigenvalue weighted by Crippen LogP contribution is 2.05. The van der Waals surface area contributed by atoms with E-state index in [0.717, 1.165) is 0 Å². The number of primary amides is 1. The highest BCUT2D eigenvalue weighted by Gasteiger charge is 2.24. The van der Waals surface area contributed by atoms with Crippen LogP contribution < -0.4 is 16.4 Å². The standard InChI is InChI=1S/C10H19N3O4/c1-5(2)4-7(13-10(11)17)8(14)12-6(3)9(15)16/h5-7H,4H2,1-3H3,(H,12,14)(H,15,16)(H3,11,13,17)/t6-,7?/m0/s1. The molecule has 0 spiro atoms. The molecule has 0 aliphatic rings. The average molecular weight is 245 g/mol. The largest absolute Gasteiger partial charge is 0.480 e. The van der Waals surface area contributed by atoms with Crippen molar-refractivity contribution in [3.05, 3.63) is 0 Å². The van der Waals surface area contributed by atoms with Gasteiger partial charge in [0.1, 0.15) is 12.1 Å². The zero-order valence-electron chi connectivity index (χ0n) is 10.2. The maximum atomic E-state index is 11.7. The SMILES string of the molecule is CC(C)CC(NC(N)=O)C(=O)N[C@@H](C)C(=O)O. The topological polar surface area (TPSA) is 122 Å². The van der Waals surface area contributed by atoms with E-state index in [2.05, 4.69) is 10.6 Å². The lowest BCUT2D eigenvalue weighted by Gasteiger charge is -2.20. The molecule has 0 aromatic rings. The second kappa shape index (κ2) is 6.72. The van der Waals surface area contributed by atoms with Crippen LogP contribution in [0.2, 0.25) is 0 Å². The molecule has 7 heteroatoms. The molecular formula is C10H19N3O4. The smallest absolute Gasteiger partial charge is 0.325 e. The van der Waals surface area contributed by atoms with Crippen molar-refractivity contribution in [2.45, 2.75) is 39.3 Å². The van der Waals surface area contributed by atoms with Crippen LogP contribution in [-0.4, -0.2) is 35.1 Å². The lowest BCUT2D eigenvalue weighted by Crippen LogP contribution is -2.52. The highest BCUT2D eigenvalue weighted by molar-refractivity contribution is 5.89. The van der Waals surface area contributed by atoms with Crippen LogP contribution in [0.15, 0.2) is 0 Å². The molecule has 1 unspecified atom stereocenters. The number of nitrogens with two attached hydrogens (primary N) is 1. The predicted octanol–water partition coefficient (Wildman–Crippen LogP) is -0.341. The Morgan fingerprint density at radius 1 is 1.18 bits per heavy atom. The third-order valence-corrected chi connectivity index (χ3v) is 2.07. The minimum atomic E-state index is -1.14. The summed E-state index contributed by atoms with van der Waals surface area (Å²) in [6.45, 7) is 5.10. The van der Waals surface area contributed by atoms with E-state index in [4.69, 9.17) is 10.8 Å². The van der Waals surface area contributed by atoms with Crippen molar-refractivity contribution in [2.24, 2.45) is 11.7 Å². The van der Waals surface area contributed by atoms with Gasteiger partial charge < -0.3 is 21.5 Å². The molecule has 5 N–H and O–H groups in total. The van der Waals surface area contributed by atoms with E-state index >= 15 is 0 Å². The average Bonchev–Trinajstić information content (AvgIpc) is 2.14. The Morgan fingerprint density at radius 2 is 1.71 bits per heavy atom. The van der Waals surface area contributed by atoms with Crippen LogP contribution in [0.25, 0.3) is 0 Å². The fraction of sp³-hybridized carbons (Fsp3) is 0.700. The molecule has 3 amide bonds. The van der Waals surface area contributed by atoms with Gasteiger partial charge in [-0.25, -0.2) is 4.79 Å². The molecule has 0 bridgehead atoms. The van der Waals surface area contributed by atoms with Gasteiger partial charge in [-0.1, -0.05) is 13.8 Å². The second-order valence-electron chi connectivity index (χ2n) is 4.26. The van der Waals surface area contributed by atoms with Gasteiger partial charge >= 0.3 is 12.0 Å². The summed E-state index contributed by atoms with van der Waals surface area (Å²) in [5.41, 5.74) is 4.95. The Bertz CT molecular complexity index is 304.